The second-order valence-electron chi connectivity index (χ2n) is 7.74. The molecule has 1 atom stereocenters. The van der Waals surface area contributed by atoms with E-state index in [1.165, 1.54) is 0 Å². The molecule has 2 rings (SSSR count). The number of benzene rings is 1. The number of nitrogens with zero attached hydrogens (tertiary/aromatic N) is 1. The molecule has 0 spiro atoms. The average molecular weight is 396 g/mol. The summed E-state index contributed by atoms with van der Waals surface area (Å²) in [6, 6.07) is 6.92. The van der Waals surface area contributed by atoms with Gasteiger partial charge in [0.1, 0.15) is 0 Å². The summed E-state index contributed by atoms with van der Waals surface area (Å²) in [5, 5.41) is 2.98. The highest BCUT2D eigenvalue weighted by Crippen LogP contribution is 2.21. The first kappa shape index (κ1) is 21.9. The summed E-state index contributed by atoms with van der Waals surface area (Å²) in [7, 11) is -3.40. The summed E-state index contributed by atoms with van der Waals surface area (Å²) in [6.07, 6.45) is 4.75. The Kier molecular flexibility index (Phi) is 8.26. The first-order valence-corrected chi connectivity index (χ1v) is 11.4. The summed E-state index contributed by atoms with van der Waals surface area (Å²) < 4.78 is 26.9. The van der Waals surface area contributed by atoms with Crippen molar-refractivity contribution in [3.63, 3.8) is 0 Å². The maximum atomic E-state index is 12.7. The number of sulfonamides is 1. The minimum atomic E-state index is -3.40. The average Bonchev–Trinajstić information content (AvgIpc) is 2.66. The van der Waals surface area contributed by atoms with Gasteiger partial charge in [-0.1, -0.05) is 32.4 Å². The third-order valence-electron chi connectivity index (χ3n) is 4.92. The standard InChI is InChI=1S/C20H33N3O3S/c1-16(2)14-18(15-21)22-20(24)11-8-17-6-9-19(10-7-17)27(25,26)23-12-4-3-5-13-23/h6-7,9-10,16,18H,3-5,8,11-15,21H2,1-2H3,(H,22,24). The Morgan fingerprint density at radius 1 is 1.15 bits per heavy atom. The molecule has 0 radical (unpaired) electrons. The van der Waals surface area contributed by atoms with Gasteiger partial charge in [-0.25, -0.2) is 8.42 Å². The fraction of sp³-hybridized carbons (Fsp3) is 0.650. The molecule has 1 unspecified atom stereocenters. The smallest absolute Gasteiger partial charge is 0.243 e. The predicted molar refractivity (Wildman–Crippen MR) is 108 cm³/mol. The Bertz CT molecular complexity index is 696. The summed E-state index contributed by atoms with van der Waals surface area (Å²) in [5.41, 5.74) is 6.67. The minimum absolute atomic E-state index is 0.00885. The Labute approximate surface area is 163 Å². The van der Waals surface area contributed by atoms with E-state index in [0.29, 0.717) is 43.3 Å². The van der Waals surface area contributed by atoms with Gasteiger partial charge in [0.25, 0.3) is 0 Å². The first-order chi connectivity index (χ1) is 12.8. The van der Waals surface area contributed by atoms with E-state index < -0.39 is 10.0 Å². The summed E-state index contributed by atoms with van der Waals surface area (Å²) in [4.78, 5) is 12.5. The molecule has 6 nitrogen and oxygen atoms in total. The molecule has 0 aromatic heterocycles. The van der Waals surface area contributed by atoms with Crippen molar-refractivity contribution in [3.05, 3.63) is 29.8 Å². The highest BCUT2D eigenvalue weighted by atomic mass is 32.2. The number of nitrogens with two attached hydrogens (primary N) is 1. The van der Waals surface area contributed by atoms with Gasteiger partial charge in [-0.05, 0) is 49.3 Å². The van der Waals surface area contributed by atoms with Crippen LogP contribution in [0, 0.1) is 5.92 Å². The Morgan fingerprint density at radius 2 is 1.78 bits per heavy atom. The van der Waals surface area contributed by atoms with Gasteiger partial charge in [0.15, 0.2) is 0 Å². The number of carbonyl (C=O) groups excluding carboxylic acids is 1. The molecule has 152 valence electrons. The second-order valence-corrected chi connectivity index (χ2v) is 9.68. The molecule has 1 amide bonds. The quantitative estimate of drug-likeness (QED) is 0.671. The molecule has 0 saturated carbocycles. The maximum Gasteiger partial charge on any atom is 0.243 e. The lowest BCUT2D eigenvalue weighted by Gasteiger charge is -2.25. The van der Waals surface area contributed by atoms with E-state index in [4.69, 9.17) is 5.73 Å². The van der Waals surface area contributed by atoms with E-state index in [1.54, 1.807) is 28.6 Å². The van der Waals surface area contributed by atoms with Crippen LogP contribution in [0.4, 0.5) is 0 Å². The van der Waals surface area contributed by atoms with Gasteiger partial charge >= 0.3 is 0 Å². The minimum Gasteiger partial charge on any atom is -0.352 e. The summed E-state index contributed by atoms with van der Waals surface area (Å²) in [5.74, 6) is 0.462. The molecule has 0 aliphatic carbocycles. The fourth-order valence-electron chi connectivity index (χ4n) is 3.42. The summed E-state index contributed by atoms with van der Waals surface area (Å²) >= 11 is 0. The topological polar surface area (TPSA) is 92.5 Å². The number of hydrogen-bond donors (Lipinski definition) is 2. The van der Waals surface area contributed by atoms with Crippen LogP contribution in [0.3, 0.4) is 0 Å². The van der Waals surface area contributed by atoms with Gasteiger partial charge in [-0.15, -0.1) is 0 Å². The molecule has 1 aliphatic rings. The van der Waals surface area contributed by atoms with Crippen molar-refractivity contribution in [1.82, 2.24) is 9.62 Å². The predicted octanol–water partition coefficient (Wildman–Crippen LogP) is 2.28. The lowest BCUT2D eigenvalue weighted by atomic mass is 10.0. The van der Waals surface area contributed by atoms with E-state index in [1.807, 2.05) is 0 Å². The van der Waals surface area contributed by atoms with Crippen molar-refractivity contribution in [2.75, 3.05) is 19.6 Å². The SMILES string of the molecule is CC(C)CC(CN)NC(=O)CCc1ccc(S(=O)(=O)N2CCCCC2)cc1. The third kappa shape index (κ3) is 6.59. The van der Waals surface area contributed by atoms with Crippen LogP contribution in [0.1, 0.15) is 51.5 Å². The molecule has 0 bridgehead atoms. The van der Waals surface area contributed by atoms with E-state index in [2.05, 4.69) is 19.2 Å². The largest absolute Gasteiger partial charge is 0.352 e. The second kappa shape index (κ2) is 10.2. The fourth-order valence-corrected chi connectivity index (χ4v) is 4.94. The van der Waals surface area contributed by atoms with E-state index in [-0.39, 0.29) is 11.9 Å². The molecule has 3 N–H and O–H groups in total. The lowest BCUT2D eigenvalue weighted by Crippen LogP contribution is -2.41. The number of hydrogen-bond acceptors (Lipinski definition) is 4. The normalized spacial score (nSPS) is 17.0. The van der Waals surface area contributed by atoms with Crippen LogP contribution < -0.4 is 11.1 Å². The maximum absolute atomic E-state index is 12.7. The monoisotopic (exact) mass is 395 g/mol. The molecule has 1 aliphatic heterocycles. The first-order valence-electron chi connectivity index (χ1n) is 9.91. The Balaban J connectivity index is 1.89. The van der Waals surface area contributed by atoms with Crippen molar-refractivity contribution in [3.8, 4) is 0 Å². The number of piperidine rings is 1. The molecule has 27 heavy (non-hydrogen) atoms. The van der Waals surface area contributed by atoms with Gasteiger partial charge in [0.05, 0.1) is 4.90 Å². The lowest BCUT2D eigenvalue weighted by molar-refractivity contribution is -0.121. The molecule has 1 heterocycles. The number of aryl methyl sites for hydroxylation is 1. The number of amides is 1. The van der Waals surface area contributed by atoms with Crippen LogP contribution in [-0.2, 0) is 21.2 Å². The number of carbonyl (C=O) groups is 1. The highest BCUT2D eigenvalue weighted by Gasteiger charge is 2.25. The van der Waals surface area contributed by atoms with Crippen molar-refractivity contribution in [2.45, 2.75) is 63.3 Å². The number of rotatable bonds is 9. The molecular weight excluding hydrogens is 362 g/mol. The molecule has 1 aromatic carbocycles. The zero-order chi connectivity index (χ0) is 19.9. The van der Waals surface area contributed by atoms with Gasteiger partial charge < -0.3 is 11.1 Å². The van der Waals surface area contributed by atoms with E-state index in [9.17, 15) is 13.2 Å². The van der Waals surface area contributed by atoms with Crippen molar-refractivity contribution >= 4 is 15.9 Å². The summed E-state index contributed by atoms with van der Waals surface area (Å²) in [6.45, 7) is 5.85. The van der Waals surface area contributed by atoms with Crippen LogP contribution in [0.15, 0.2) is 29.2 Å². The van der Waals surface area contributed by atoms with Crippen molar-refractivity contribution in [2.24, 2.45) is 11.7 Å². The zero-order valence-corrected chi connectivity index (χ0v) is 17.3. The molecular formula is C20H33N3O3S. The zero-order valence-electron chi connectivity index (χ0n) is 16.5. The molecule has 1 saturated heterocycles. The number of nitrogens with one attached hydrogen (secondary N) is 1. The van der Waals surface area contributed by atoms with Gasteiger partial charge in [0, 0.05) is 32.1 Å². The van der Waals surface area contributed by atoms with Crippen LogP contribution in [0.25, 0.3) is 0 Å². The van der Waals surface area contributed by atoms with Gasteiger partial charge in [-0.3, -0.25) is 4.79 Å². The highest BCUT2D eigenvalue weighted by molar-refractivity contribution is 7.89. The Morgan fingerprint density at radius 3 is 2.33 bits per heavy atom. The third-order valence-corrected chi connectivity index (χ3v) is 6.84. The molecule has 1 fully saturated rings. The van der Waals surface area contributed by atoms with Crippen LogP contribution in [0.2, 0.25) is 0 Å². The van der Waals surface area contributed by atoms with Crippen LogP contribution in [0.5, 0.6) is 0 Å². The van der Waals surface area contributed by atoms with Crippen molar-refractivity contribution < 1.29 is 13.2 Å². The van der Waals surface area contributed by atoms with Crippen LogP contribution in [-0.4, -0.2) is 44.3 Å². The molecule has 1 aromatic rings. The molecule has 7 heteroatoms. The van der Waals surface area contributed by atoms with E-state index >= 15 is 0 Å². The Hall–Kier alpha value is -1.44. The van der Waals surface area contributed by atoms with Gasteiger partial charge in [-0.2, -0.15) is 4.31 Å². The van der Waals surface area contributed by atoms with E-state index in [0.717, 1.165) is 31.2 Å². The van der Waals surface area contributed by atoms with Crippen LogP contribution >= 0.6 is 0 Å². The van der Waals surface area contributed by atoms with Crippen molar-refractivity contribution in [1.29, 1.82) is 0 Å². The van der Waals surface area contributed by atoms with Gasteiger partial charge in [0.2, 0.25) is 15.9 Å².